The maximum absolute atomic E-state index is 13.3. The van der Waals surface area contributed by atoms with Crippen molar-refractivity contribution in [2.45, 2.75) is 56.7 Å². The van der Waals surface area contributed by atoms with Crippen molar-refractivity contribution in [3.05, 3.63) is 34.9 Å². The Morgan fingerprint density at radius 1 is 1.16 bits per heavy atom. The zero-order valence-corrected chi connectivity index (χ0v) is 17.8. The van der Waals surface area contributed by atoms with Crippen molar-refractivity contribution in [3.8, 4) is 0 Å². The van der Waals surface area contributed by atoms with Crippen LogP contribution in [0.5, 0.6) is 0 Å². The summed E-state index contributed by atoms with van der Waals surface area (Å²) in [6.07, 6.45) is 5.11. The van der Waals surface area contributed by atoms with Gasteiger partial charge in [-0.1, -0.05) is 18.6 Å². The van der Waals surface area contributed by atoms with Gasteiger partial charge in [0.05, 0.1) is 11.1 Å². The molecule has 8 heteroatoms. The molecule has 31 heavy (non-hydrogen) atoms. The van der Waals surface area contributed by atoms with Crippen molar-refractivity contribution in [1.29, 1.82) is 0 Å². The Labute approximate surface area is 181 Å². The Bertz CT molecular complexity index is 976. The molecule has 2 N–H and O–H groups in total. The molecule has 3 unspecified atom stereocenters. The minimum Gasteiger partial charge on any atom is -0.313 e. The Balaban J connectivity index is 1.41. The molecule has 3 fully saturated rings. The molecule has 0 spiro atoms. The number of piperidine rings is 2. The third kappa shape index (κ3) is 3.38. The van der Waals surface area contributed by atoms with Crippen molar-refractivity contribution in [2.24, 2.45) is 5.92 Å². The van der Waals surface area contributed by atoms with Gasteiger partial charge in [-0.15, -0.1) is 0 Å². The number of likely N-dealkylation sites (N-methyl/N-ethyl adjacent to an activating group) is 1. The van der Waals surface area contributed by atoms with E-state index in [0.29, 0.717) is 23.6 Å². The van der Waals surface area contributed by atoms with E-state index in [0.717, 1.165) is 30.0 Å². The fourth-order valence-corrected chi connectivity index (χ4v) is 6.03. The van der Waals surface area contributed by atoms with Crippen LogP contribution in [0.25, 0.3) is 0 Å². The quantitative estimate of drug-likeness (QED) is 0.701. The molecule has 1 aromatic carbocycles. The molecule has 3 heterocycles. The number of carbonyl (C=O) groups is 4. The summed E-state index contributed by atoms with van der Waals surface area (Å²) in [5, 5.41) is 5.80. The highest BCUT2D eigenvalue weighted by Crippen LogP contribution is 2.38. The smallest absolute Gasteiger partial charge is 0.262 e. The number of amides is 4. The average molecular weight is 425 g/mol. The number of benzene rings is 1. The Hall–Kier alpha value is -2.58. The highest BCUT2D eigenvalue weighted by atomic mass is 16.2. The lowest BCUT2D eigenvalue weighted by atomic mass is 9.72. The maximum Gasteiger partial charge on any atom is 0.262 e. The number of hydrogen-bond acceptors (Lipinski definition) is 6. The monoisotopic (exact) mass is 424 g/mol. The second-order valence-electron chi connectivity index (χ2n) is 9.45. The third-order valence-electron chi connectivity index (χ3n) is 7.47. The second kappa shape index (κ2) is 7.53. The lowest BCUT2D eigenvalue weighted by Gasteiger charge is -2.50. The molecule has 3 atom stereocenters. The molecule has 8 nitrogen and oxygen atoms in total. The van der Waals surface area contributed by atoms with Crippen LogP contribution in [0.2, 0.25) is 0 Å². The number of likely N-dealkylation sites (tertiary alicyclic amines) is 1. The van der Waals surface area contributed by atoms with Crippen LogP contribution in [0.1, 0.15) is 64.8 Å². The van der Waals surface area contributed by atoms with E-state index in [2.05, 4.69) is 15.5 Å². The van der Waals surface area contributed by atoms with Crippen molar-refractivity contribution >= 4 is 23.6 Å². The first kappa shape index (κ1) is 20.3. The predicted molar refractivity (Wildman–Crippen MR) is 112 cm³/mol. The summed E-state index contributed by atoms with van der Waals surface area (Å²) in [5.41, 5.74) is 1.72. The van der Waals surface area contributed by atoms with Gasteiger partial charge in [-0.25, -0.2) is 0 Å². The van der Waals surface area contributed by atoms with E-state index in [9.17, 15) is 19.2 Å². The van der Waals surface area contributed by atoms with Gasteiger partial charge in [0.1, 0.15) is 6.04 Å². The van der Waals surface area contributed by atoms with Crippen LogP contribution < -0.4 is 10.6 Å². The molecule has 0 aromatic heterocycles. The molecule has 1 saturated carbocycles. The van der Waals surface area contributed by atoms with Crippen LogP contribution >= 0.6 is 0 Å². The van der Waals surface area contributed by atoms with Crippen LogP contribution in [0.3, 0.4) is 0 Å². The number of nitrogens with one attached hydrogen (secondary N) is 2. The Kier molecular flexibility index (Phi) is 4.94. The number of imide groups is 2. The third-order valence-corrected chi connectivity index (χ3v) is 7.47. The van der Waals surface area contributed by atoms with Crippen LogP contribution in [0, 0.1) is 5.92 Å². The fourth-order valence-electron chi connectivity index (χ4n) is 6.03. The zero-order chi connectivity index (χ0) is 21.8. The first-order valence-corrected chi connectivity index (χ1v) is 11.2. The highest BCUT2D eigenvalue weighted by molar-refractivity contribution is 6.24. The Morgan fingerprint density at radius 2 is 2.00 bits per heavy atom. The van der Waals surface area contributed by atoms with Crippen molar-refractivity contribution < 1.29 is 19.2 Å². The molecule has 4 amide bonds. The number of nitrogens with zero attached hydrogens (tertiary/aromatic N) is 2. The SMILES string of the molecule is CNC12CCCC(CN(Cc3cccc4c3C(=O)N(C3CCC(=O)NC3=O)C4=O)C1)C2. The van der Waals surface area contributed by atoms with Gasteiger partial charge in [0.25, 0.3) is 11.8 Å². The molecule has 4 aliphatic rings. The number of fused-ring (bicyclic) bond motifs is 3. The van der Waals surface area contributed by atoms with Crippen molar-refractivity contribution in [3.63, 3.8) is 0 Å². The minimum absolute atomic E-state index is 0.123. The van der Waals surface area contributed by atoms with Crippen molar-refractivity contribution in [2.75, 3.05) is 20.1 Å². The molecular weight excluding hydrogens is 396 g/mol. The minimum atomic E-state index is -0.931. The van der Waals surface area contributed by atoms with E-state index in [1.54, 1.807) is 6.07 Å². The van der Waals surface area contributed by atoms with E-state index in [1.807, 2.05) is 19.2 Å². The van der Waals surface area contributed by atoms with E-state index < -0.39 is 23.8 Å². The molecule has 3 aliphatic heterocycles. The number of rotatable bonds is 4. The van der Waals surface area contributed by atoms with E-state index in [4.69, 9.17) is 0 Å². The summed E-state index contributed by atoms with van der Waals surface area (Å²) in [7, 11) is 2.03. The summed E-state index contributed by atoms with van der Waals surface area (Å²) >= 11 is 0. The fraction of sp³-hybridized carbons (Fsp3) is 0.565. The van der Waals surface area contributed by atoms with E-state index in [1.165, 1.54) is 19.3 Å². The van der Waals surface area contributed by atoms with Gasteiger partial charge in [0.15, 0.2) is 0 Å². The summed E-state index contributed by atoms with van der Waals surface area (Å²) in [6.45, 7) is 2.51. The lowest BCUT2D eigenvalue weighted by molar-refractivity contribution is -0.136. The normalized spacial score (nSPS) is 31.1. The first-order chi connectivity index (χ1) is 14.9. The summed E-state index contributed by atoms with van der Waals surface area (Å²) in [5.74, 6) is -1.17. The van der Waals surface area contributed by atoms with Gasteiger partial charge in [-0.2, -0.15) is 0 Å². The molecule has 164 valence electrons. The van der Waals surface area contributed by atoms with Gasteiger partial charge < -0.3 is 5.32 Å². The molecular formula is C23H28N4O4. The Morgan fingerprint density at radius 3 is 2.77 bits per heavy atom. The molecule has 0 radical (unpaired) electrons. The molecule has 1 aromatic rings. The number of carbonyl (C=O) groups excluding carboxylic acids is 4. The standard InChI is InChI=1S/C23H28N4O4/c1-24-23-9-3-4-14(10-23)11-26(13-23)12-15-5-2-6-16-19(15)22(31)27(21(16)30)17-7-8-18(28)25-20(17)29/h2,5-6,14,17,24H,3-4,7-13H2,1H3,(H,25,28,29). The average Bonchev–Trinajstić information content (AvgIpc) is 2.99. The maximum atomic E-state index is 13.3. The van der Waals surface area contributed by atoms with Crippen LogP contribution in [0.15, 0.2) is 18.2 Å². The summed E-state index contributed by atoms with van der Waals surface area (Å²) in [4.78, 5) is 53.6. The number of hydrogen-bond donors (Lipinski definition) is 2. The molecule has 2 bridgehead atoms. The van der Waals surface area contributed by atoms with Crippen molar-refractivity contribution in [1.82, 2.24) is 20.4 Å². The summed E-state index contributed by atoms with van der Waals surface area (Å²) in [6, 6.07) is 4.45. The van der Waals surface area contributed by atoms with Gasteiger partial charge in [-0.05, 0) is 50.3 Å². The van der Waals surface area contributed by atoms with Crippen LogP contribution in [-0.2, 0) is 16.1 Å². The second-order valence-corrected chi connectivity index (χ2v) is 9.45. The van der Waals surface area contributed by atoms with E-state index in [-0.39, 0.29) is 24.3 Å². The van der Waals surface area contributed by atoms with Gasteiger partial charge >= 0.3 is 0 Å². The lowest BCUT2D eigenvalue weighted by Crippen LogP contribution is -2.59. The predicted octanol–water partition coefficient (Wildman–Crippen LogP) is 1.05. The van der Waals surface area contributed by atoms with Gasteiger partial charge in [0, 0.05) is 31.6 Å². The topological polar surface area (TPSA) is 98.8 Å². The van der Waals surface area contributed by atoms with Gasteiger partial charge in [-0.3, -0.25) is 34.3 Å². The highest BCUT2D eigenvalue weighted by Gasteiger charge is 2.46. The van der Waals surface area contributed by atoms with Gasteiger partial charge in [0.2, 0.25) is 11.8 Å². The summed E-state index contributed by atoms with van der Waals surface area (Å²) < 4.78 is 0. The molecule has 1 aliphatic carbocycles. The molecule has 2 saturated heterocycles. The molecule has 5 rings (SSSR count). The zero-order valence-electron chi connectivity index (χ0n) is 17.8. The first-order valence-electron chi connectivity index (χ1n) is 11.2. The van der Waals surface area contributed by atoms with Crippen LogP contribution in [-0.4, -0.2) is 65.1 Å². The largest absolute Gasteiger partial charge is 0.313 e. The van der Waals surface area contributed by atoms with Crippen LogP contribution in [0.4, 0.5) is 0 Å². The van der Waals surface area contributed by atoms with E-state index >= 15 is 0 Å².